The Labute approximate surface area is 130 Å². The van der Waals surface area contributed by atoms with E-state index in [4.69, 9.17) is 26.9 Å². The predicted molar refractivity (Wildman–Crippen MR) is 83.1 cm³/mol. The summed E-state index contributed by atoms with van der Waals surface area (Å²) in [7, 11) is 0. The summed E-state index contributed by atoms with van der Waals surface area (Å²) in [6.45, 7) is 4.32. The molecule has 2 heterocycles. The molecule has 2 saturated heterocycles. The minimum atomic E-state index is -0.106. The molecule has 3 N–H and O–H groups in total. The molecule has 3 unspecified atom stereocenters. The van der Waals surface area contributed by atoms with E-state index in [1.54, 1.807) is 0 Å². The normalized spacial score (nSPS) is 30.7. The molecule has 2 aliphatic heterocycles. The standard InChI is InChI=1S/C16H23ClN2O2/c1-11-6-13(8-14(17)7-11)15(19-18)12-2-4-21-16(9-12)3-5-20-10-16/h6-8,12,15,19H,2-5,9-10,18H2,1H3. The number of hydrogen-bond donors (Lipinski definition) is 2. The Morgan fingerprint density at radius 1 is 1.38 bits per heavy atom. The van der Waals surface area contributed by atoms with Gasteiger partial charge in [-0.15, -0.1) is 0 Å². The third-order valence-corrected chi connectivity index (χ3v) is 4.89. The van der Waals surface area contributed by atoms with E-state index in [1.165, 1.54) is 0 Å². The van der Waals surface area contributed by atoms with Crippen LogP contribution >= 0.6 is 11.6 Å². The fourth-order valence-corrected chi connectivity index (χ4v) is 3.96. The molecule has 0 aliphatic carbocycles. The van der Waals surface area contributed by atoms with Crippen LogP contribution in [0.2, 0.25) is 5.02 Å². The van der Waals surface area contributed by atoms with Crippen LogP contribution in [0.4, 0.5) is 0 Å². The van der Waals surface area contributed by atoms with E-state index in [9.17, 15) is 0 Å². The minimum Gasteiger partial charge on any atom is -0.378 e. The molecular weight excluding hydrogens is 288 g/mol. The van der Waals surface area contributed by atoms with Gasteiger partial charge in [0, 0.05) is 30.7 Å². The van der Waals surface area contributed by atoms with Crippen molar-refractivity contribution in [1.29, 1.82) is 0 Å². The lowest BCUT2D eigenvalue weighted by Gasteiger charge is -2.40. The first kappa shape index (κ1) is 15.3. The fourth-order valence-electron chi connectivity index (χ4n) is 3.66. The quantitative estimate of drug-likeness (QED) is 0.666. The molecule has 2 aliphatic rings. The average molecular weight is 311 g/mol. The maximum atomic E-state index is 6.20. The Bertz CT molecular complexity index is 483. The highest BCUT2D eigenvalue weighted by molar-refractivity contribution is 6.30. The van der Waals surface area contributed by atoms with Gasteiger partial charge in [-0.05, 0) is 48.9 Å². The molecule has 0 radical (unpaired) electrons. The fraction of sp³-hybridized carbons (Fsp3) is 0.625. The Kier molecular flexibility index (Phi) is 4.52. The van der Waals surface area contributed by atoms with Crippen molar-refractivity contribution in [3.05, 3.63) is 34.3 Å². The predicted octanol–water partition coefficient (Wildman–Crippen LogP) is 2.74. The van der Waals surface area contributed by atoms with Crippen LogP contribution in [-0.2, 0) is 9.47 Å². The number of hydrazine groups is 1. The molecule has 2 fully saturated rings. The van der Waals surface area contributed by atoms with Gasteiger partial charge in [-0.1, -0.05) is 17.7 Å². The average Bonchev–Trinajstić information content (AvgIpc) is 2.86. The van der Waals surface area contributed by atoms with Crippen molar-refractivity contribution >= 4 is 11.6 Å². The van der Waals surface area contributed by atoms with Crippen LogP contribution in [0.25, 0.3) is 0 Å². The van der Waals surface area contributed by atoms with Crippen LogP contribution in [0.3, 0.4) is 0 Å². The van der Waals surface area contributed by atoms with Gasteiger partial charge >= 0.3 is 0 Å². The summed E-state index contributed by atoms with van der Waals surface area (Å²) in [5.74, 6) is 6.29. The van der Waals surface area contributed by atoms with E-state index in [0.29, 0.717) is 12.5 Å². The van der Waals surface area contributed by atoms with E-state index < -0.39 is 0 Å². The van der Waals surface area contributed by atoms with Gasteiger partial charge in [-0.2, -0.15) is 0 Å². The van der Waals surface area contributed by atoms with E-state index in [1.807, 2.05) is 12.1 Å². The summed E-state index contributed by atoms with van der Waals surface area (Å²) in [5.41, 5.74) is 5.20. The molecule has 3 rings (SSSR count). The first-order valence-electron chi connectivity index (χ1n) is 7.57. The first-order valence-corrected chi connectivity index (χ1v) is 7.95. The lowest BCUT2D eigenvalue weighted by Crippen LogP contribution is -2.45. The number of benzene rings is 1. The van der Waals surface area contributed by atoms with Crippen molar-refractivity contribution in [2.24, 2.45) is 11.8 Å². The molecule has 5 heteroatoms. The van der Waals surface area contributed by atoms with E-state index in [2.05, 4.69) is 18.4 Å². The lowest BCUT2D eigenvalue weighted by molar-refractivity contribution is -0.103. The summed E-state index contributed by atoms with van der Waals surface area (Å²) in [6, 6.07) is 6.23. The van der Waals surface area contributed by atoms with Crippen LogP contribution in [0, 0.1) is 12.8 Å². The highest BCUT2D eigenvalue weighted by Gasteiger charge is 2.43. The molecule has 21 heavy (non-hydrogen) atoms. The second kappa shape index (κ2) is 6.23. The minimum absolute atomic E-state index is 0.101. The number of rotatable bonds is 3. The van der Waals surface area contributed by atoms with Gasteiger partial charge in [0.15, 0.2) is 0 Å². The molecule has 1 aromatic rings. The maximum Gasteiger partial charge on any atom is 0.0940 e. The van der Waals surface area contributed by atoms with Crippen LogP contribution < -0.4 is 11.3 Å². The van der Waals surface area contributed by atoms with Gasteiger partial charge in [0.05, 0.1) is 12.2 Å². The monoisotopic (exact) mass is 310 g/mol. The molecule has 0 bridgehead atoms. The molecule has 4 nitrogen and oxygen atoms in total. The number of halogens is 1. The van der Waals surface area contributed by atoms with Gasteiger partial charge in [0.1, 0.15) is 0 Å². The maximum absolute atomic E-state index is 6.20. The third kappa shape index (κ3) is 3.25. The molecule has 3 atom stereocenters. The Balaban J connectivity index is 1.82. The summed E-state index contributed by atoms with van der Waals surface area (Å²) < 4.78 is 11.6. The SMILES string of the molecule is Cc1cc(Cl)cc(C(NN)C2CCOC3(CCOC3)C2)c1. The van der Waals surface area contributed by atoms with E-state index >= 15 is 0 Å². The topological polar surface area (TPSA) is 56.5 Å². The largest absolute Gasteiger partial charge is 0.378 e. The van der Waals surface area contributed by atoms with Crippen molar-refractivity contribution in [1.82, 2.24) is 5.43 Å². The zero-order valence-corrected chi connectivity index (χ0v) is 13.2. The smallest absolute Gasteiger partial charge is 0.0940 e. The van der Waals surface area contributed by atoms with Gasteiger partial charge in [0.2, 0.25) is 0 Å². The molecular formula is C16H23ClN2O2. The molecule has 116 valence electrons. The third-order valence-electron chi connectivity index (χ3n) is 4.67. The highest BCUT2D eigenvalue weighted by Crippen LogP contribution is 2.41. The summed E-state index contributed by atoms with van der Waals surface area (Å²) in [5, 5.41) is 0.760. The van der Waals surface area contributed by atoms with Gasteiger partial charge in [-0.3, -0.25) is 11.3 Å². The number of nitrogens with two attached hydrogens (primary N) is 1. The summed E-state index contributed by atoms with van der Waals surface area (Å²) in [6.07, 6.45) is 2.96. The van der Waals surface area contributed by atoms with Crippen molar-refractivity contribution < 1.29 is 9.47 Å². The van der Waals surface area contributed by atoms with Gasteiger partial charge in [0.25, 0.3) is 0 Å². The van der Waals surface area contributed by atoms with Crippen LogP contribution in [-0.4, -0.2) is 25.4 Å². The molecule has 0 amide bonds. The van der Waals surface area contributed by atoms with Crippen molar-refractivity contribution in [3.63, 3.8) is 0 Å². The summed E-state index contributed by atoms with van der Waals surface area (Å²) in [4.78, 5) is 0. The van der Waals surface area contributed by atoms with Crippen molar-refractivity contribution in [2.45, 2.75) is 37.8 Å². The highest BCUT2D eigenvalue weighted by atomic mass is 35.5. The molecule has 1 aromatic carbocycles. The first-order chi connectivity index (χ1) is 10.1. The Morgan fingerprint density at radius 2 is 2.24 bits per heavy atom. The lowest BCUT2D eigenvalue weighted by atomic mass is 9.79. The molecule has 1 spiro atoms. The second-order valence-electron chi connectivity index (χ2n) is 6.29. The Morgan fingerprint density at radius 3 is 2.90 bits per heavy atom. The van der Waals surface area contributed by atoms with Crippen LogP contribution in [0.1, 0.15) is 36.4 Å². The van der Waals surface area contributed by atoms with E-state index in [0.717, 1.165) is 48.6 Å². The zero-order valence-electron chi connectivity index (χ0n) is 12.4. The number of aryl methyl sites for hydroxylation is 1. The number of nitrogens with one attached hydrogen (secondary N) is 1. The summed E-state index contributed by atoms with van der Waals surface area (Å²) >= 11 is 6.20. The number of hydrogen-bond acceptors (Lipinski definition) is 4. The zero-order chi connectivity index (χ0) is 14.9. The van der Waals surface area contributed by atoms with Crippen molar-refractivity contribution in [3.8, 4) is 0 Å². The molecule has 0 saturated carbocycles. The Hall–Kier alpha value is -0.650. The van der Waals surface area contributed by atoms with Gasteiger partial charge in [-0.25, -0.2) is 0 Å². The van der Waals surface area contributed by atoms with Crippen LogP contribution in [0.5, 0.6) is 0 Å². The second-order valence-corrected chi connectivity index (χ2v) is 6.73. The van der Waals surface area contributed by atoms with Crippen LogP contribution in [0.15, 0.2) is 18.2 Å². The number of ether oxygens (including phenoxy) is 2. The molecule has 0 aromatic heterocycles. The van der Waals surface area contributed by atoms with E-state index in [-0.39, 0.29) is 11.6 Å². The van der Waals surface area contributed by atoms with Gasteiger partial charge < -0.3 is 9.47 Å². The van der Waals surface area contributed by atoms with Crippen molar-refractivity contribution in [2.75, 3.05) is 19.8 Å².